The lowest BCUT2D eigenvalue weighted by Crippen LogP contribution is -2.14. The first-order valence-corrected chi connectivity index (χ1v) is 7.53. The van der Waals surface area contributed by atoms with Crippen LogP contribution in [0.4, 0.5) is 5.69 Å². The fourth-order valence-corrected chi connectivity index (χ4v) is 2.96. The second kappa shape index (κ2) is 6.29. The highest BCUT2D eigenvalue weighted by Gasteiger charge is 2.16. The molecule has 0 aromatic heterocycles. The second-order valence-electron chi connectivity index (χ2n) is 5.45. The molecular weight excluding hydrogens is 238 g/mol. The molecule has 19 heavy (non-hydrogen) atoms. The quantitative estimate of drug-likeness (QED) is 0.824. The third-order valence-corrected chi connectivity index (χ3v) is 3.99. The number of anilines is 1. The van der Waals surface area contributed by atoms with Gasteiger partial charge in [-0.2, -0.15) is 0 Å². The van der Waals surface area contributed by atoms with E-state index in [0.717, 1.165) is 44.8 Å². The van der Waals surface area contributed by atoms with E-state index in [9.17, 15) is 0 Å². The number of rotatable bonds is 5. The van der Waals surface area contributed by atoms with E-state index in [1.54, 1.807) is 0 Å². The van der Waals surface area contributed by atoms with Crippen molar-refractivity contribution in [2.24, 2.45) is 0 Å². The van der Waals surface area contributed by atoms with Gasteiger partial charge in [0.15, 0.2) is 0 Å². The maximum atomic E-state index is 5.95. The minimum absolute atomic E-state index is 0.478. The smallest absolute Gasteiger partial charge is 0.142 e. The van der Waals surface area contributed by atoms with Gasteiger partial charge in [0, 0.05) is 13.2 Å². The third kappa shape index (κ3) is 3.21. The number of nitrogens with one attached hydrogen (secondary N) is 1. The van der Waals surface area contributed by atoms with E-state index < -0.39 is 0 Å². The predicted molar refractivity (Wildman–Crippen MR) is 77.0 cm³/mol. The SMILES string of the molecule is c1cc2c(c(OCCCC3CCCO3)c1)NCCC2. The molecule has 2 heterocycles. The van der Waals surface area contributed by atoms with Gasteiger partial charge in [-0.15, -0.1) is 0 Å². The van der Waals surface area contributed by atoms with Gasteiger partial charge in [0.25, 0.3) is 0 Å². The summed E-state index contributed by atoms with van der Waals surface area (Å²) in [6.07, 6.45) is 7.51. The zero-order valence-corrected chi connectivity index (χ0v) is 11.5. The second-order valence-corrected chi connectivity index (χ2v) is 5.45. The van der Waals surface area contributed by atoms with Crippen LogP contribution >= 0.6 is 0 Å². The summed E-state index contributed by atoms with van der Waals surface area (Å²) >= 11 is 0. The Morgan fingerprint density at radius 3 is 3.21 bits per heavy atom. The molecule has 1 aromatic rings. The molecule has 0 amide bonds. The lowest BCUT2D eigenvalue weighted by molar-refractivity contribution is 0.0981. The molecule has 0 spiro atoms. The summed E-state index contributed by atoms with van der Waals surface area (Å²) in [7, 11) is 0. The van der Waals surface area contributed by atoms with Gasteiger partial charge in [-0.05, 0) is 50.2 Å². The topological polar surface area (TPSA) is 30.5 Å². The van der Waals surface area contributed by atoms with Gasteiger partial charge >= 0.3 is 0 Å². The molecular formula is C16H23NO2. The molecule has 3 heteroatoms. The highest BCUT2D eigenvalue weighted by Crippen LogP contribution is 2.32. The van der Waals surface area contributed by atoms with Gasteiger partial charge in [0.05, 0.1) is 18.4 Å². The highest BCUT2D eigenvalue weighted by atomic mass is 16.5. The maximum Gasteiger partial charge on any atom is 0.142 e. The van der Waals surface area contributed by atoms with Gasteiger partial charge in [-0.3, -0.25) is 0 Å². The van der Waals surface area contributed by atoms with Gasteiger partial charge < -0.3 is 14.8 Å². The molecule has 1 atom stereocenters. The molecule has 0 bridgehead atoms. The van der Waals surface area contributed by atoms with Gasteiger partial charge in [0.2, 0.25) is 0 Å². The van der Waals surface area contributed by atoms with Crippen molar-refractivity contribution in [1.82, 2.24) is 0 Å². The molecule has 1 fully saturated rings. The molecule has 2 aliphatic heterocycles. The van der Waals surface area contributed by atoms with Crippen molar-refractivity contribution in [2.45, 2.75) is 44.6 Å². The van der Waals surface area contributed by atoms with Crippen molar-refractivity contribution in [1.29, 1.82) is 0 Å². The molecule has 0 radical (unpaired) electrons. The van der Waals surface area contributed by atoms with Crippen LogP contribution in [0.1, 0.15) is 37.7 Å². The first kappa shape index (κ1) is 12.8. The highest BCUT2D eigenvalue weighted by molar-refractivity contribution is 5.63. The Morgan fingerprint density at radius 1 is 1.32 bits per heavy atom. The summed E-state index contributed by atoms with van der Waals surface area (Å²) in [6.45, 7) is 2.79. The summed E-state index contributed by atoms with van der Waals surface area (Å²) in [5, 5.41) is 3.46. The Balaban J connectivity index is 1.49. The molecule has 1 saturated heterocycles. The molecule has 2 aliphatic rings. The zero-order valence-electron chi connectivity index (χ0n) is 11.5. The Labute approximate surface area is 115 Å². The van der Waals surface area contributed by atoms with Crippen LogP contribution in [0.3, 0.4) is 0 Å². The number of para-hydroxylation sites is 1. The van der Waals surface area contributed by atoms with Crippen molar-refractivity contribution in [3.8, 4) is 5.75 Å². The largest absolute Gasteiger partial charge is 0.491 e. The summed E-state index contributed by atoms with van der Waals surface area (Å²) < 4.78 is 11.6. The Morgan fingerprint density at radius 2 is 2.32 bits per heavy atom. The van der Waals surface area contributed by atoms with Crippen LogP contribution in [0.2, 0.25) is 0 Å². The van der Waals surface area contributed by atoms with Crippen LogP contribution in [0.15, 0.2) is 18.2 Å². The summed E-state index contributed by atoms with van der Waals surface area (Å²) in [4.78, 5) is 0. The molecule has 1 N–H and O–H groups in total. The van der Waals surface area contributed by atoms with Crippen LogP contribution in [0.25, 0.3) is 0 Å². The average Bonchev–Trinajstić information content (AvgIpc) is 2.97. The van der Waals surface area contributed by atoms with Crippen LogP contribution in [0.5, 0.6) is 5.75 Å². The number of hydrogen-bond acceptors (Lipinski definition) is 3. The Hall–Kier alpha value is -1.22. The van der Waals surface area contributed by atoms with E-state index >= 15 is 0 Å². The van der Waals surface area contributed by atoms with E-state index in [4.69, 9.17) is 9.47 Å². The van der Waals surface area contributed by atoms with Crippen molar-refractivity contribution in [3.63, 3.8) is 0 Å². The zero-order chi connectivity index (χ0) is 12.9. The lowest BCUT2D eigenvalue weighted by atomic mass is 10.0. The summed E-state index contributed by atoms with van der Waals surface area (Å²) in [6, 6.07) is 6.37. The fourth-order valence-electron chi connectivity index (χ4n) is 2.96. The normalized spacial score (nSPS) is 21.8. The van der Waals surface area contributed by atoms with Crippen LogP contribution < -0.4 is 10.1 Å². The molecule has 3 rings (SSSR count). The summed E-state index contributed by atoms with van der Waals surface area (Å²) in [5.41, 5.74) is 2.61. The van der Waals surface area contributed by atoms with E-state index in [1.165, 1.54) is 30.5 Å². The summed E-state index contributed by atoms with van der Waals surface area (Å²) in [5.74, 6) is 1.02. The predicted octanol–water partition coefficient (Wildman–Crippen LogP) is 3.38. The number of fused-ring (bicyclic) bond motifs is 1. The molecule has 0 saturated carbocycles. The van der Waals surface area contributed by atoms with Gasteiger partial charge in [-0.25, -0.2) is 0 Å². The van der Waals surface area contributed by atoms with Crippen LogP contribution in [0, 0.1) is 0 Å². The Bertz CT molecular complexity index is 413. The lowest BCUT2D eigenvalue weighted by Gasteiger charge is -2.21. The van der Waals surface area contributed by atoms with Gasteiger partial charge in [0.1, 0.15) is 5.75 Å². The number of benzene rings is 1. The molecule has 0 aliphatic carbocycles. The maximum absolute atomic E-state index is 5.95. The Kier molecular flexibility index (Phi) is 4.23. The van der Waals surface area contributed by atoms with Crippen molar-refractivity contribution >= 4 is 5.69 Å². The molecule has 1 unspecified atom stereocenters. The number of aryl methyl sites for hydroxylation is 1. The van der Waals surface area contributed by atoms with Gasteiger partial charge in [-0.1, -0.05) is 12.1 Å². The minimum Gasteiger partial charge on any atom is -0.491 e. The van der Waals surface area contributed by atoms with Crippen LogP contribution in [-0.4, -0.2) is 25.9 Å². The van der Waals surface area contributed by atoms with E-state index in [2.05, 4.69) is 23.5 Å². The van der Waals surface area contributed by atoms with Crippen LogP contribution in [-0.2, 0) is 11.2 Å². The van der Waals surface area contributed by atoms with Crippen molar-refractivity contribution in [3.05, 3.63) is 23.8 Å². The molecule has 1 aromatic carbocycles. The first-order valence-electron chi connectivity index (χ1n) is 7.53. The van der Waals surface area contributed by atoms with E-state index in [1.807, 2.05) is 0 Å². The average molecular weight is 261 g/mol. The number of hydrogen-bond donors (Lipinski definition) is 1. The first-order chi connectivity index (χ1) is 9.43. The monoisotopic (exact) mass is 261 g/mol. The molecule has 3 nitrogen and oxygen atoms in total. The number of ether oxygens (including phenoxy) is 2. The van der Waals surface area contributed by atoms with E-state index in [0.29, 0.717) is 6.10 Å². The molecule has 104 valence electrons. The minimum atomic E-state index is 0.478. The van der Waals surface area contributed by atoms with Crippen molar-refractivity contribution < 1.29 is 9.47 Å². The third-order valence-electron chi connectivity index (χ3n) is 3.99. The van der Waals surface area contributed by atoms with Crippen molar-refractivity contribution in [2.75, 3.05) is 25.1 Å². The fraction of sp³-hybridized carbons (Fsp3) is 0.625. The standard InChI is InChI=1S/C16H23NO2/c1-5-13-6-2-10-17-16(13)15(9-1)19-12-4-8-14-7-3-11-18-14/h1,5,9,14,17H,2-4,6-8,10-12H2. The van der Waals surface area contributed by atoms with E-state index in [-0.39, 0.29) is 0 Å².